The van der Waals surface area contributed by atoms with Crippen molar-refractivity contribution in [2.45, 2.75) is 20.0 Å². The van der Waals surface area contributed by atoms with E-state index in [9.17, 15) is 4.79 Å². The van der Waals surface area contributed by atoms with Crippen LogP contribution in [0.15, 0.2) is 59.3 Å². The third-order valence-corrected chi connectivity index (χ3v) is 5.43. The molecule has 2 aromatic heterocycles. The minimum absolute atomic E-state index is 0.191. The summed E-state index contributed by atoms with van der Waals surface area (Å²) in [5, 5.41) is 7.84. The number of nitrogens with one attached hydrogen (secondary N) is 1. The molecule has 7 nitrogen and oxygen atoms in total. The first-order valence-electron chi connectivity index (χ1n) is 9.08. The quantitative estimate of drug-likeness (QED) is 0.439. The minimum atomic E-state index is -0.242. The smallest absolute Gasteiger partial charge is 0.257 e. The summed E-state index contributed by atoms with van der Waals surface area (Å²) in [6.07, 6.45) is 2.42. The molecule has 0 unspecified atom stereocenters. The first kappa shape index (κ1) is 20.1. The monoisotopic (exact) mass is 440 g/mol. The van der Waals surface area contributed by atoms with Crippen molar-refractivity contribution in [2.24, 2.45) is 0 Å². The number of aryl methyl sites for hydroxylation is 1. The normalized spacial score (nSPS) is 10.7. The maximum absolute atomic E-state index is 12.5. The number of halogens is 1. The minimum Gasteiger partial charge on any atom is -0.485 e. The van der Waals surface area contributed by atoms with Gasteiger partial charge in [0.25, 0.3) is 5.91 Å². The molecule has 2 heterocycles. The molecule has 0 fully saturated rings. The predicted molar refractivity (Wildman–Crippen MR) is 114 cm³/mol. The van der Waals surface area contributed by atoms with Crippen LogP contribution in [0.4, 0.5) is 5.13 Å². The molecule has 4 rings (SSSR count). The largest absolute Gasteiger partial charge is 0.485 e. The zero-order chi connectivity index (χ0) is 20.9. The van der Waals surface area contributed by atoms with E-state index in [4.69, 9.17) is 20.9 Å². The summed E-state index contributed by atoms with van der Waals surface area (Å²) in [6, 6.07) is 14.5. The van der Waals surface area contributed by atoms with Gasteiger partial charge in [-0.25, -0.2) is 4.98 Å². The third kappa shape index (κ3) is 5.03. The molecule has 0 aliphatic carbocycles. The summed E-state index contributed by atoms with van der Waals surface area (Å²) in [4.78, 5) is 21.9. The Hall–Kier alpha value is -3.23. The lowest BCUT2D eigenvalue weighted by Crippen LogP contribution is -2.11. The average Bonchev–Trinajstić information content (AvgIpc) is 3.37. The molecule has 0 radical (unpaired) electrons. The van der Waals surface area contributed by atoms with Gasteiger partial charge in [0.2, 0.25) is 11.7 Å². The summed E-state index contributed by atoms with van der Waals surface area (Å²) in [5.41, 5.74) is 1.52. The van der Waals surface area contributed by atoms with E-state index in [2.05, 4.69) is 20.4 Å². The van der Waals surface area contributed by atoms with Crippen LogP contribution in [0.5, 0.6) is 5.75 Å². The summed E-state index contributed by atoms with van der Waals surface area (Å²) >= 11 is 7.63. The van der Waals surface area contributed by atoms with Gasteiger partial charge in [-0.2, -0.15) is 4.98 Å². The highest BCUT2D eigenvalue weighted by molar-refractivity contribution is 7.15. The van der Waals surface area contributed by atoms with Gasteiger partial charge in [-0.15, -0.1) is 11.3 Å². The third-order valence-electron chi connectivity index (χ3n) is 4.15. The Morgan fingerprint density at radius 1 is 1.20 bits per heavy atom. The average molecular weight is 441 g/mol. The fourth-order valence-electron chi connectivity index (χ4n) is 2.70. The molecule has 4 aromatic rings. The van der Waals surface area contributed by atoms with Crippen molar-refractivity contribution >= 4 is 34.0 Å². The second-order valence-electron chi connectivity index (χ2n) is 6.40. The van der Waals surface area contributed by atoms with E-state index in [0.717, 1.165) is 10.4 Å². The summed E-state index contributed by atoms with van der Waals surface area (Å²) < 4.78 is 10.5. The predicted octanol–water partition coefficient (Wildman–Crippen LogP) is 4.91. The summed E-state index contributed by atoms with van der Waals surface area (Å²) in [7, 11) is 0. The molecule has 1 amide bonds. The second-order valence-corrected chi connectivity index (χ2v) is 7.92. The van der Waals surface area contributed by atoms with Crippen molar-refractivity contribution in [3.05, 3.63) is 87.5 Å². The maximum atomic E-state index is 12.5. The second kappa shape index (κ2) is 9.06. The molecule has 0 atom stereocenters. The van der Waals surface area contributed by atoms with Gasteiger partial charge in [0.1, 0.15) is 5.75 Å². The van der Waals surface area contributed by atoms with Crippen LogP contribution in [0.3, 0.4) is 0 Å². The van der Waals surface area contributed by atoms with Gasteiger partial charge in [-0.1, -0.05) is 35.0 Å². The van der Waals surface area contributed by atoms with Crippen LogP contribution in [0.25, 0.3) is 0 Å². The van der Waals surface area contributed by atoms with Crippen LogP contribution in [-0.4, -0.2) is 21.0 Å². The summed E-state index contributed by atoms with van der Waals surface area (Å²) in [6.45, 7) is 1.91. The zero-order valence-corrected chi connectivity index (χ0v) is 17.5. The topological polar surface area (TPSA) is 90.1 Å². The molecule has 9 heteroatoms. The van der Waals surface area contributed by atoms with Crippen LogP contribution in [0.2, 0.25) is 5.02 Å². The van der Waals surface area contributed by atoms with Gasteiger partial charge in [-0.3, -0.25) is 10.1 Å². The Morgan fingerprint density at radius 2 is 2.00 bits per heavy atom. The number of carbonyl (C=O) groups excluding carboxylic acids is 1. The first-order valence-corrected chi connectivity index (χ1v) is 10.3. The Kier molecular flexibility index (Phi) is 6.06. The number of rotatable bonds is 7. The maximum Gasteiger partial charge on any atom is 0.257 e. The Morgan fingerprint density at radius 3 is 2.73 bits per heavy atom. The fourth-order valence-corrected chi connectivity index (χ4v) is 3.73. The van der Waals surface area contributed by atoms with Gasteiger partial charge < -0.3 is 9.26 Å². The molecule has 0 saturated heterocycles. The standard InChI is InChI=1S/C21H17ClN4O3S/c1-13-24-19(26-29-13)12-28-16-8-6-14(7-9-16)20(27)25-21-23-11-17(30-21)10-15-4-2-3-5-18(15)22/h2-9,11H,10,12H2,1H3,(H,23,25,27). The van der Waals surface area contributed by atoms with E-state index in [1.807, 2.05) is 24.3 Å². The molecular weight excluding hydrogens is 424 g/mol. The molecule has 152 valence electrons. The zero-order valence-electron chi connectivity index (χ0n) is 16.0. The van der Waals surface area contributed by atoms with Crippen LogP contribution in [0, 0.1) is 6.92 Å². The molecule has 0 bridgehead atoms. The molecule has 2 aromatic carbocycles. The van der Waals surface area contributed by atoms with Crippen molar-refractivity contribution in [1.82, 2.24) is 15.1 Å². The van der Waals surface area contributed by atoms with Crippen molar-refractivity contribution in [3.63, 3.8) is 0 Å². The van der Waals surface area contributed by atoms with Crippen molar-refractivity contribution < 1.29 is 14.1 Å². The number of anilines is 1. The first-order chi connectivity index (χ1) is 14.6. The molecule has 0 aliphatic rings. The molecule has 0 saturated carbocycles. The Balaban J connectivity index is 1.33. The van der Waals surface area contributed by atoms with Crippen LogP contribution in [-0.2, 0) is 13.0 Å². The number of carbonyl (C=O) groups is 1. The highest BCUT2D eigenvalue weighted by atomic mass is 35.5. The molecule has 30 heavy (non-hydrogen) atoms. The van der Waals surface area contributed by atoms with E-state index in [-0.39, 0.29) is 12.5 Å². The van der Waals surface area contributed by atoms with E-state index in [0.29, 0.717) is 39.6 Å². The Labute approximate surface area is 181 Å². The van der Waals surface area contributed by atoms with Crippen LogP contribution < -0.4 is 10.1 Å². The lowest BCUT2D eigenvalue weighted by molar-refractivity contribution is 0.102. The van der Waals surface area contributed by atoms with Gasteiger partial charge >= 0.3 is 0 Å². The van der Waals surface area contributed by atoms with Gasteiger partial charge in [0.05, 0.1) is 0 Å². The van der Waals surface area contributed by atoms with E-state index in [1.54, 1.807) is 37.4 Å². The van der Waals surface area contributed by atoms with E-state index >= 15 is 0 Å². The molecule has 0 spiro atoms. The lowest BCUT2D eigenvalue weighted by Gasteiger charge is -2.05. The Bertz CT molecular complexity index is 1160. The highest BCUT2D eigenvalue weighted by Gasteiger charge is 2.11. The van der Waals surface area contributed by atoms with E-state index < -0.39 is 0 Å². The summed E-state index contributed by atoms with van der Waals surface area (Å²) in [5.74, 6) is 1.31. The number of benzene rings is 2. The number of amides is 1. The fraction of sp³-hybridized carbons (Fsp3) is 0.143. The van der Waals surface area contributed by atoms with Gasteiger partial charge in [-0.05, 0) is 35.9 Å². The molecule has 1 N–H and O–H groups in total. The van der Waals surface area contributed by atoms with Crippen molar-refractivity contribution in [1.29, 1.82) is 0 Å². The number of nitrogens with zero attached hydrogens (tertiary/aromatic N) is 3. The van der Waals surface area contributed by atoms with Crippen LogP contribution >= 0.6 is 22.9 Å². The SMILES string of the molecule is Cc1nc(COc2ccc(C(=O)Nc3ncc(Cc4ccccc4Cl)s3)cc2)no1. The highest BCUT2D eigenvalue weighted by Crippen LogP contribution is 2.25. The lowest BCUT2D eigenvalue weighted by atomic mass is 10.1. The van der Waals surface area contributed by atoms with Crippen molar-refractivity contribution in [2.75, 3.05) is 5.32 Å². The van der Waals surface area contributed by atoms with Crippen LogP contribution in [0.1, 0.15) is 32.5 Å². The number of thiazole rings is 1. The number of aromatic nitrogens is 3. The van der Waals surface area contributed by atoms with Crippen molar-refractivity contribution in [3.8, 4) is 5.75 Å². The number of hydrogen-bond donors (Lipinski definition) is 1. The number of ether oxygens (including phenoxy) is 1. The number of hydrogen-bond acceptors (Lipinski definition) is 7. The van der Waals surface area contributed by atoms with Gasteiger partial charge in [0, 0.05) is 35.0 Å². The molecular formula is C21H17ClN4O3S. The molecule has 0 aliphatic heterocycles. The van der Waals surface area contributed by atoms with E-state index in [1.165, 1.54) is 11.3 Å². The van der Waals surface area contributed by atoms with Gasteiger partial charge in [0.15, 0.2) is 11.7 Å².